The molecule has 0 aliphatic heterocycles. The minimum absolute atomic E-state index is 0.639. The summed E-state index contributed by atoms with van der Waals surface area (Å²) < 4.78 is 0. The molecule has 0 amide bonds. The van der Waals surface area contributed by atoms with Crippen molar-refractivity contribution in [3.63, 3.8) is 0 Å². The number of aldehydes is 1. The molecule has 0 bridgehead atoms. The lowest BCUT2D eigenvalue weighted by Gasteiger charge is -2.38. The van der Waals surface area contributed by atoms with Gasteiger partial charge in [-0.1, -0.05) is 19.8 Å². The van der Waals surface area contributed by atoms with Crippen molar-refractivity contribution in [3.8, 4) is 0 Å². The van der Waals surface area contributed by atoms with Crippen LogP contribution in [-0.2, 0) is 0 Å². The van der Waals surface area contributed by atoms with Gasteiger partial charge in [-0.25, -0.2) is 0 Å². The van der Waals surface area contributed by atoms with Gasteiger partial charge in [-0.05, 0) is 49.4 Å². The van der Waals surface area contributed by atoms with Gasteiger partial charge in [0.1, 0.15) is 6.29 Å². The molecule has 1 fully saturated rings. The van der Waals surface area contributed by atoms with E-state index in [-0.39, 0.29) is 0 Å². The summed E-state index contributed by atoms with van der Waals surface area (Å²) in [6.07, 6.45) is 6.26. The predicted molar refractivity (Wildman–Crippen MR) is 76.4 cm³/mol. The van der Waals surface area contributed by atoms with Crippen molar-refractivity contribution in [2.45, 2.75) is 45.6 Å². The molecule has 0 spiro atoms. The zero-order valence-electron chi connectivity index (χ0n) is 11.6. The van der Waals surface area contributed by atoms with Crippen molar-refractivity contribution in [1.29, 1.82) is 0 Å². The molecule has 2 rings (SSSR count). The largest absolute Gasteiger partial charge is 0.371 e. The average Bonchev–Trinajstić information content (AvgIpc) is 2.38. The highest BCUT2D eigenvalue weighted by molar-refractivity contribution is 5.78. The second-order valence-corrected chi connectivity index (χ2v) is 5.60. The van der Waals surface area contributed by atoms with Crippen molar-refractivity contribution in [1.82, 2.24) is 0 Å². The fraction of sp³-hybridized carbons (Fsp3) is 0.562. The van der Waals surface area contributed by atoms with Crippen molar-refractivity contribution in [2.24, 2.45) is 5.92 Å². The highest BCUT2D eigenvalue weighted by Gasteiger charge is 2.25. The fourth-order valence-electron chi connectivity index (χ4n) is 3.08. The molecule has 2 unspecified atom stereocenters. The van der Waals surface area contributed by atoms with Gasteiger partial charge in [0.25, 0.3) is 0 Å². The topological polar surface area (TPSA) is 20.3 Å². The Balaban J connectivity index is 2.19. The summed E-state index contributed by atoms with van der Waals surface area (Å²) in [5.41, 5.74) is 3.10. The van der Waals surface area contributed by atoms with Gasteiger partial charge >= 0.3 is 0 Å². The third-order valence-corrected chi connectivity index (χ3v) is 4.35. The first kappa shape index (κ1) is 13.1. The molecule has 2 heteroatoms. The third-order valence-electron chi connectivity index (χ3n) is 4.35. The Morgan fingerprint density at radius 1 is 1.28 bits per heavy atom. The Hall–Kier alpha value is -1.31. The van der Waals surface area contributed by atoms with Crippen LogP contribution >= 0.6 is 0 Å². The van der Waals surface area contributed by atoms with Crippen LogP contribution in [0.25, 0.3) is 0 Å². The molecule has 0 radical (unpaired) electrons. The van der Waals surface area contributed by atoms with Gasteiger partial charge in [0.15, 0.2) is 0 Å². The first-order chi connectivity index (χ1) is 8.63. The normalized spacial score (nSPS) is 23.7. The van der Waals surface area contributed by atoms with E-state index in [4.69, 9.17) is 0 Å². The van der Waals surface area contributed by atoms with E-state index in [0.29, 0.717) is 6.04 Å². The molecule has 1 aliphatic rings. The maximum Gasteiger partial charge on any atom is 0.150 e. The summed E-state index contributed by atoms with van der Waals surface area (Å²) in [6.45, 7) is 4.36. The van der Waals surface area contributed by atoms with Gasteiger partial charge < -0.3 is 4.90 Å². The number of benzene rings is 1. The summed E-state index contributed by atoms with van der Waals surface area (Å²) in [4.78, 5) is 13.2. The van der Waals surface area contributed by atoms with Crippen LogP contribution in [-0.4, -0.2) is 19.4 Å². The highest BCUT2D eigenvalue weighted by Crippen LogP contribution is 2.30. The minimum atomic E-state index is 0.639. The number of nitrogens with zero attached hydrogens (tertiary/aromatic N) is 1. The smallest absolute Gasteiger partial charge is 0.150 e. The van der Waals surface area contributed by atoms with Gasteiger partial charge in [-0.15, -0.1) is 0 Å². The van der Waals surface area contributed by atoms with Crippen LogP contribution in [0.1, 0.15) is 48.5 Å². The number of anilines is 1. The Labute approximate surface area is 110 Å². The molecule has 98 valence electrons. The molecule has 1 aromatic rings. The molecule has 0 saturated heterocycles. The van der Waals surface area contributed by atoms with E-state index >= 15 is 0 Å². The Morgan fingerprint density at radius 3 is 2.61 bits per heavy atom. The second-order valence-electron chi connectivity index (χ2n) is 5.60. The lowest BCUT2D eigenvalue weighted by molar-refractivity contribution is 0.112. The molecule has 1 aliphatic carbocycles. The molecule has 0 aromatic heterocycles. The maximum atomic E-state index is 10.8. The number of aryl methyl sites for hydroxylation is 1. The van der Waals surface area contributed by atoms with Crippen molar-refractivity contribution in [2.75, 3.05) is 11.9 Å². The number of carbonyl (C=O) groups is 1. The molecule has 1 aromatic carbocycles. The molecule has 18 heavy (non-hydrogen) atoms. The van der Waals surface area contributed by atoms with Gasteiger partial charge in [-0.2, -0.15) is 0 Å². The predicted octanol–water partition coefficient (Wildman–Crippen LogP) is 3.82. The SMILES string of the molecule is Cc1cc(N(C)C2CCCCC2C)ccc1C=O. The molecule has 0 heterocycles. The van der Waals surface area contributed by atoms with Crippen molar-refractivity contribution in [3.05, 3.63) is 29.3 Å². The van der Waals surface area contributed by atoms with Gasteiger partial charge in [-0.3, -0.25) is 4.79 Å². The monoisotopic (exact) mass is 245 g/mol. The van der Waals surface area contributed by atoms with Crippen LogP contribution in [0.15, 0.2) is 18.2 Å². The zero-order chi connectivity index (χ0) is 13.1. The lowest BCUT2D eigenvalue weighted by Crippen LogP contribution is -2.39. The standard InChI is InChI=1S/C16H23NO/c1-12-6-4-5-7-16(12)17(3)15-9-8-14(11-18)13(2)10-15/h8-12,16H,4-7H2,1-3H3. The number of rotatable bonds is 3. The molecular formula is C16H23NO. The van der Waals surface area contributed by atoms with E-state index < -0.39 is 0 Å². The Bertz CT molecular complexity index is 427. The van der Waals surface area contributed by atoms with E-state index in [2.05, 4.69) is 31.0 Å². The van der Waals surface area contributed by atoms with E-state index in [1.807, 2.05) is 13.0 Å². The minimum Gasteiger partial charge on any atom is -0.371 e. The Kier molecular flexibility index (Phi) is 4.05. The highest BCUT2D eigenvalue weighted by atomic mass is 16.1. The third kappa shape index (κ3) is 2.58. The first-order valence-electron chi connectivity index (χ1n) is 6.92. The molecule has 2 nitrogen and oxygen atoms in total. The van der Waals surface area contributed by atoms with Crippen molar-refractivity contribution >= 4 is 12.0 Å². The molecule has 1 saturated carbocycles. The quantitative estimate of drug-likeness (QED) is 0.754. The molecule has 0 N–H and O–H groups in total. The Morgan fingerprint density at radius 2 is 2.00 bits per heavy atom. The van der Waals surface area contributed by atoms with Gasteiger partial charge in [0, 0.05) is 24.3 Å². The van der Waals surface area contributed by atoms with E-state index in [0.717, 1.165) is 23.3 Å². The maximum absolute atomic E-state index is 10.8. The van der Waals surface area contributed by atoms with Crippen LogP contribution in [0, 0.1) is 12.8 Å². The van der Waals surface area contributed by atoms with E-state index in [1.165, 1.54) is 31.4 Å². The second kappa shape index (κ2) is 5.55. The van der Waals surface area contributed by atoms with Crippen LogP contribution in [0.2, 0.25) is 0 Å². The number of hydrogen-bond acceptors (Lipinski definition) is 2. The van der Waals surface area contributed by atoms with E-state index in [9.17, 15) is 4.79 Å². The summed E-state index contributed by atoms with van der Waals surface area (Å²) in [6, 6.07) is 6.77. The van der Waals surface area contributed by atoms with Gasteiger partial charge in [0.05, 0.1) is 0 Å². The number of hydrogen-bond donors (Lipinski definition) is 0. The van der Waals surface area contributed by atoms with Crippen LogP contribution in [0.3, 0.4) is 0 Å². The zero-order valence-corrected chi connectivity index (χ0v) is 11.6. The summed E-state index contributed by atoms with van der Waals surface area (Å²) in [5.74, 6) is 0.759. The molecular weight excluding hydrogens is 222 g/mol. The lowest BCUT2D eigenvalue weighted by atomic mass is 9.85. The molecule has 2 atom stereocenters. The summed E-state index contributed by atoms with van der Waals surface area (Å²) in [7, 11) is 2.18. The average molecular weight is 245 g/mol. The van der Waals surface area contributed by atoms with Gasteiger partial charge in [0.2, 0.25) is 0 Å². The summed E-state index contributed by atoms with van der Waals surface area (Å²) >= 11 is 0. The van der Waals surface area contributed by atoms with E-state index in [1.54, 1.807) is 0 Å². The van der Waals surface area contributed by atoms with Crippen LogP contribution in [0.4, 0.5) is 5.69 Å². The van der Waals surface area contributed by atoms with Crippen LogP contribution in [0.5, 0.6) is 0 Å². The fourth-order valence-corrected chi connectivity index (χ4v) is 3.08. The van der Waals surface area contributed by atoms with Crippen molar-refractivity contribution < 1.29 is 4.79 Å². The van der Waals surface area contributed by atoms with Crippen LogP contribution < -0.4 is 4.90 Å². The summed E-state index contributed by atoms with van der Waals surface area (Å²) in [5, 5.41) is 0. The first-order valence-corrected chi connectivity index (χ1v) is 6.92. The number of carbonyl (C=O) groups excluding carboxylic acids is 1.